The van der Waals surface area contributed by atoms with Gasteiger partial charge in [-0.15, -0.1) is 0 Å². The van der Waals surface area contributed by atoms with E-state index in [2.05, 4.69) is 15.9 Å². The van der Waals surface area contributed by atoms with Crippen LogP contribution in [0.5, 0.6) is 5.75 Å². The van der Waals surface area contributed by atoms with Crippen molar-refractivity contribution in [3.63, 3.8) is 0 Å². The summed E-state index contributed by atoms with van der Waals surface area (Å²) >= 11 is 6.30. The number of ether oxygens (including phenoxy) is 1. The van der Waals surface area contributed by atoms with E-state index in [0.717, 1.165) is 61.7 Å². The number of fused-ring (bicyclic) bond motifs is 4. The Morgan fingerprint density at radius 2 is 1.76 bits per heavy atom. The number of amides is 2. The SMILES string of the molecule is CN1CCN(C)c2cc(N3CCC3)nc3cc(nn23)C2CCCCN2C(=O)c2cc(Cl)ccc2OCC1=O. The normalized spacial score (nSPS) is 20.9. The first kappa shape index (κ1) is 24.8. The summed E-state index contributed by atoms with van der Waals surface area (Å²) in [6.07, 6.45) is 3.87. The van der Waals surface area contributed by atoms with Gasteiger partial charge in [0.15, 0.2) is 12.3 Å². The van der Waals surface area contributed by atoms with Gasteiger partial charge in [-0.1, -0.05) is 11.6 Å². The van der Waals surface area contributed by atoms with E-state index in [4.69, 9.17) is 26.4 Å². The van der Waals surface area contributed by atoms with Crippen molar-refractivity contribution >= 4 is 40.7 Å². The highest BCUT2D eigenvalue weighted by Gasteiger charge is 2.33. The molecule has 2 amide bonds. The summed E-state index contributed by atoms with van der Waals surface area (Å²) in [6.45, 7) is 3.51. The standard InChI is InChI=1S/C27H32ClN7O3/c1-31-12-13-32(2)26(36)17-38-22-8-7-18(28)14-19(22)27(37)34-11-4-3-6-21(34)20-15-24-29-23(33-9-5-10-33)16-25(31)35(24)30-20/h7-8,14-16,21H,3-6,9-13,17H2,1-2H3. The average Bonchev–Trinajstić information content (AvgIpc) is 3.32. The quantitative estimate of drug-likeness (QED) is 0.471. The summed E-state index contributed by atoms with van der Waals surface area (Å²) in [6, 6.07) is 8.85. The highest BCUT2D eigenvalue weighted by atomic mass is 35.5. The monoisotopic (exact) mass is 537 g/mol. The van der Waals surface area contributed by atoms with E-state index in [1.54, 1.807) is 30.1 Å². The summed E-state index contributed by atoms with van der Waals surface area (Å²) in [5, 5.41) is 5.45. The first-order chi connectivity index (χ1) is 18.4. The van der Waals surface area contributed by atoms with Crippen LogP contribution in [-0.2, 0) is 4.79 Å². The second kappa shape index (κ2) is 9.98. The Balaban J connectivity index is 1.48. The van der Waals surface area contributed by atoms with E-state index < -0.39 is 0 Å². The summed E-state index contributed by atoms with van der Waals surface area (Å²) in [5.74, 6) is 1.83. The number of hydrogen-bond acceptors (Lipinski definition) is 7. The van der Waals surface area contributed by atoms with Gasteiger partial charge in [0.2, 0.25) is 0 Å². The molecule has 6 rings (SSSR count). The van der Waals surface area contributed by atoms with Gasteiger partial charge in [0.25, 0.3) is 11.8 Å². The molecule has 3 aromatic rings. The summed E-state index contributed by atoms with van der Waals surface area (Å²) < 4.78 is 7.77. The van der Waals surface area contributed by atoms with Gasteiger partial charge < -0.3 is 24.3 Å². The van der Waals surface area contributed by atoms with E-state index in [1.165, 1.54) is 0 Å². The largest absolute Gasteiger partial charge is 0.483 e. The smallest absolute Gasteiger partial charge is 0.260 e. The molecular weight excluding hydrogens is 506 g/mol. The molecule has 3 aliphatic heterocycles. The molecule has 0 saturated carbocycles. The van der Waals surface area contributed by atoms with Gasteiger partial charge >= 0.3 is 0 Å². The van der Waals surface area contributed by atoms with Crippen LogP contribution in [0.25, 0.3) is 5.65 Å². The number of carbonyl (C=O) groups is 2. The van der Waals surface area contributed by atoms with Crippen LogP contribution in [0, 0.1) is 0 Å². The van der Waals surface area contributed by atoms with Crippen LogP contribution in [0.15, 0.2) is 30.3 Å². The van der Waals surface area contributed by atoms with Gasteiger partial charge in [-0.05, 0) is 43.9 Å². The molecule has 2 fully saturated rings. The Morgan fingerprint density at radius 1 is 0.947 bits per heavy atom. The molecule has 1 aromatic carbocycles. The number of rotatable bonds is 1. The molecule has 1 unspecified atom stereocenters. The van der Waals surface area contributed by atoms with Crippen molar-refractivity contribution in [2.75, 3.05) is 63.2 Å². The van der Waals surface area contributed by atoms with E-state index in [1.807, 2.05) is 22.5 Å². The minimum Gasteiger partial charge on any atom is -0.483 e. The lowest BCUT2D eigenvalue weighted by atomic mass is 9.98. The van der Waals surface area contributed by atoms with Crippen molar-refractivity contribution in [1.29, 1.82) is 0 Å². The van der Waals surface area contributed by atoms with Gasteiger partial charge in [0, 0.05) is 64.0 Å². The molecule has 1 atom stereocenters. The van der Waals surface area contributed by atoms with E-state index in [0.29, 0.717) is 36.0 Å². The molecule has 2 saturated heterocycles. The van der Waals surface area contributed by atoms with Gasteiger partial charge in [-0.3, -0.25) is 9.59 Å². The first-order valence-electron chi connectivity index (χ1n) is 13.2. The minimum atomic E-state index is -0.198. The van der Waals surface area contributed by atoms with Crippen molar-refractivity contribution in [2.45, 2.75) is 31.7 Å². The fraction of sp³-hybridized carbons (Fsp3) is 0.481. The fourth-order valence-electron chi connectivity index (χ4n) is 5.33. The van der Waals surface area contributed by atoms with Crippen molar-refractivity contribution < 1.29 is 14.3 Å². The van der Waals surface area contributed by atoms with E-state index in [9.17, 15) is 9.59 Å². The average molecular weight is 538 g/mol. The number of anilines is 2. The molecule has 5 heterocycles. The Hall–Kier alpha value is -3.53. The molecule has 0 N–H and O–H groups in total. The van der Waals surface area contributed by atoms with Crippen LogP contribution < -0.4 is 14.5 Å². The minimum absolute atomic E-state index is 0.162. The highest BCUT2D eigenvalue weighted by Crippen LogP contribution is 2.35. The van der Waals surface area contributed by atoms with E-state index >= 15 is 0 Å². The molecule has 0 radical (unpaired) electrons. The van der Waals surface area contributed by atoms with Crippen LogP contribution in [0.2, 0.25) is 5.02 Å². The molecule has 2 aromatic heterocycles. The lowest BCUT2D eigenvalue weighted by Crippen LogP contribution is -2.40. The molecule has 2 bridgehead atoms. The number of nitrogens with zero attached hydrogens (tertiary/aromatic N) is 7. The third-order valence-electron chi connectivity index (χ3n) is 7.81. The second-order valence-electron chi connectivity index (χ2n) is 10.3. The number of carbonyl (C=O) groups excluding carboxylic acids is 2. The van der Waals surface area contributed by atoms with Gasteiger partial charge in [-0.2, -0.15) is 9.61 Å². The molecule has 11 heteroatoms. The van der Waals surface area contributed by atoms with Gasteiger partial charge in [-0.25, -0.2) is 4.98 Å². The molecular formula is C27H32ClN7O3. The van der Waals surface area contributed by atoms with Crippen LogP contribution >= 0.6 is 11.6 Å². The zero-order valence-electron chi connectivity index (χ0n) is 21.8. The van der Waals surface area contributed by atoms with Crippen LogP contribution in [-0.4, -0.2) is 89.6 Å². The Labute approximate surface area is 226 Å². The van der Waals surface area contributed by atoms with Crippen molar-refractivity contribution in [2.24, 2.45) is 0 Å². The molecule has 3 aliphatic rings. The number of hydrogen-bond donors (Lipinski definition) is 0. The molecule has 200 valence electrons. The van der Waals surface area contributed by atoms with Gasteiger partial charge in [0.05, 0.1) is 17.3 Å². The lowest BCUT2D eigenvalue weighted by molar-refractivity contribution is -0.131. The predicted molar refractivity (Wildman–Crippen MR) is 145 cm³/mol. The molecule has 38 heavy (non-hydrogen) atoms. The first-order valence-corrected chi connectivity index (χ1v) is 13.6. The maximum absolute atomic E-state index is 14.0. The maximum Gasteiger partial charge on any atom is 0.260 e. The number of aromatic nitrogens is 3. The Morgan fingerprint density at radius 3 is 2.55 bits per heavy atom. The van der Waals surface area contributed by atoms with Gasteiger partial charge in [0.1, 0.15) is 17.4 Å². The maximum atomic E-state index is 14.0. The summed E-state index contributed by atoms with van der Waals surface area (Å²) in [4.78, 5) is 39.7. The summed E-state index contributed by atoms with van der Waals surface area (Å²) in [7, 11) is 3.76. The topological polar surface area (TPSA) is 86.5 Å². The lowest BCUT2D eigenvalue weighted by Gasteiger charge is -2.35. The molecule has 10 nitrogen and oxygen atoms in total. The van der Waals surface area contributed by atoms with Crippen molar-refractivity contribution in [1.82, 2.24) is 24.4 Å². The summed E-state index contributed by atoms with van der Waals surface area (Å²) in [5.41, 5.74) is 1.93. The predicted octanol–water partition coefficient (Wildman–Crippen LogP) is 3.25. The van der Waals surface area contributed by atoms with Crippen LogP contribution in [0.1, 0.15) is 47.8 Å². The number of piperidine rings is 1. The highest BCUT2D eigenvalue weighted by molar-refractivity contribution is 6.31. The fourth-order valence-corrected chi connectivity index (χ4v) is 5.50. The van der Waals surface area contributed by atoms with Crippen molar-refractivity contribution in [3.8, 4) is 5.75 Å². The number of benzene rings is 1. The zero-order chi connectivity index (χ0) is 26.4. The number of halogens is 1. The van der Waals surface area contributed by atoms with Crippen LogP contribution in [0.4, 0.5) is 11.6 Å². The Kier molecular flexibility index (Phi) is 6.51. The van der Waals surface area contributed by atoms with Crippen LogP contribution in [0.3, 0.4) is 0 Å². The number of likely N-dealkylation sites (N-methyl/N-ethyl adjacent to an activating group) is 2. The Bertz CT molecular complexity index is 1390. The molecule has 0 spiro atoms. The third-order valence-corrected chi connectivity index (χ3v) is 8.04. The van der Waals surface area contributed by atoms with Crippen molar-refractivity contribution in [3.05, 3.63) is 46.6 Å². The second-order valence-corrected chi connectivity index (χ2v) is 10.8. The van der Waals surface area contributed by atoms with E-state index in [-0.39, 0.29) is 24.5 Å². The molecule has 0 aliphatic carbocycles. The zero-order valence-corrected chi connectivity index (χ0v) is 22.5. The third kappa shape index (κ3) is 4.51.